The number of hydrogen-bond acceptors (Lipinski definition) is 5. The third kappa shape index (κ3) is 7.07. The summed E-state index contributed by atoms with van der Waals surface area (Å²) in [4.78, 5) is 23.2. The van der Waals surface area contributed by atoms with Gasteiger partial charge in [-0.2, -0.15) is 5.10 Å². The fraction of sp³-hybridized carbons (Fsp3) is 0.118. The van der Waals surface area contributed by atoms with E-state index in [2.05, 4.69) is 26.5 Å². The second kappa shape index (κ2) is 10.2. The van der Waals surface area contributed by atoms with Gasteiger partial charge in [-0.05, 0) is 64.0 Å². The molecular formula is C17H14BrClN2O4S. The molecule has 0 radical (unpaired) electrons. The summed E-state index contributed by atoms with van der Waals surface area (Å²) in [7, 11) is 0. The zero-order valence-corrected chi connectivity index (χ0v) is 16.5. The number of halogens is 2. The van der Waals surface area contributed by atoms with E-state index >= 15 is 0 Å². The van der Waals surface area contributed by atoms with Crippen LogP contribution in [0, 0.1) is 0 Å². The molecule has 0 aliphatic heterocycles. The second-order valence-corrected chi connectivity index (χ2v) is 7.25. The predicted molar refractivity (Wildman–Crippen MR) is 105 cm³/mol. The van der Waals surface area contributed by atoms with E-state index in [0.29, 0.717) is 20.8 Å². The van der Waals surface area contributed by atoms with E-state index in [4.69, 9.17) is 21.4 Å². The first kappa shape index (κ1) is 20.3. The van der Waals surface area contributed by atoms with E-state index in [0.717, 1.165) is 4.90 Å². The summed E-state index contributed by atoms with van der Waals surface area (Å²) in [5, 5.41) is 13.2. The van der Waals surface area contributed by atoms with Crippen LogP contribution in [-0.2, 0) is 9.59 Å². The summed E-state index contributed by atoms with van der Waals surface area (Å²) in [6.07, 6.45) is 1.48. The minimum absolute atomic E-state index is 0.227. The molecule has 0 aliphatic carbocycles. The number of amides is 1. The van der Waals surface area contributed by atoms with Crippen molar-refractivity contribution in [2.45, 2.75) is 4.90 Å². The molecule has 0 spiro atoms. The molecule has 0 unspecified atom stereocenters. The van der Waals surface area contributed by atoms with Gasteiger partial charge in [-0.25, -0.2) is 10.2 Å². The second-order valence-electron chi connectivity index (χ2n) is 4.91. The number of hydrogen-bond donors (Lipinski definition) is 2. The van der Waals surface area contributed by atoms with Crippen molar-refractivity contribution in [1.29, 1.82) is 0 Å². The Bertz CT molecular complexity index is 815. The van der Waals surface area contributed by atoms with Gasteiger partial charge >= 0.3 is 5.97 Å². The number of carbonyl (C=O) groups excluding carboxylic acids is 1. The minimum Gasteiger partial charge on any atom is -0.481 e. The smallest absolute Gasteiger partial charge is 0.341 e. The van der Waals surface area contributed by atoms with Gasteiger partial charge in [-0.15, -0.1) is 11.8 Å². The predicted octanol–water partition coefficient (Wildman–Crippen LogP) is 3.81. The third-order valence-corrected chi connectivity index (χ3v) is 4.78. The number of aliphatic carboxylic acids is 1. The number of ether oxygens (including phenoxy) is 1. The van der Waals surface area contributed by atoms with Crippen molar-refractivity contribution in [3.63, 3.8) is 0 Å². The van der Waals surface area contributed by atoms with Crippen LogP contribution in [-0.4, -0.2) is 35.6 Å². The van der Waals surface area contributed by atoms with Crippen LogP contribution < -0.4 is 10.2 Å². The van der Waals surface area contributed by atoms with Gasteiger partial charge in [-0.3, -0.25) is 4.79 Å². The lowest BCUT2D eigenvalue weighted by atomic mass is 10.2. The van der Waals surface area contributed by atoms with Gasteiger partial charge in [0.1, 0.15) is 5.75 Å². The molecule has 0 atom stereocenters. The third-order valence-electron chi connectivity index (χ3n) is 2.89. The largest absolute Gasteiger partial charge is 0.481 e. The minimum atomic E-state index is -1.05. The van der Waals surface area contributed by atoms with Gasteiger partial charge in [-0.1, -0.05) is 11.6 Å². The highest BCUT2D eigenvalue weighted by atomic mass is 79.9. The van der Waals surface area contributed by atoms with Gasteiger partial charge in [0.05, 0.1) is 16.4 Å². The number of thioether (sulfide) groups is 1. The number of benzene rings is 2. The van der Waals surface area contributed by atoms with Gasteiger partial charge in [0.15, 0.2) is 6.61 Å². The lowest BCUT2D eigenvalue weighted by molar-refractivity contribution is -0.139. The Morgan fingerprint density at radius 2 is 2.00 bits per heavy atom. The maximum absolute atomic E-state index is 11.8. The molecule has 0 fully saturated rings. The van der Waals surface area contributed by atoms with E-state index in [9.17, 15) is 9.59 Å². The zero-order valence-electron chi connectivity index (χ0n) is 13.3. The molecule has 2 rings (SSSR count). The van der Waals surface area contributed by atoms with E-state index in [1.54, 1.807) is 30.3 Å². The van der Waals surface area contributed by atoms with Crippen molar-refractivity contribution in [2.75, 3.05) is 12.4 Å². The van der Waals surface area contributed by atoms with Crippen molar-refractivity contribution in [1.82, 2.24) is 5.43 Å². The number of nitrogens with zero attached hydrogens (tertiary/aromatic N) is 1. The first-order valence-corrected chi connectivity index (χ1v) is 9.44. The molecule has 2 aromatic carbocycles. The molecule has 2 N–H and O–H groups in total. The number of carbonyl (C=O) groups is 2. The van der Waals surface area contributed by atoms with Crippen molar-refractivity contribution in [3.05, 3.63) is 57.5 Å². The Morgan fingerprint density at radius 3 is 2.65 bits per heavy atom. The monoisotopic (exact) mass is 456 g/mol. The molecule has 6 nitrogen and oxygen atoms in total. The lowest BCUT2D eigenvalue weighted by Gasteiger charge is -2.06. The summed E-state index contributed by atoms with van der Waals surface area (Å²) >= 11 is 10.5. The van der Waals surface area contributed by atoms with E-state index < -0.39 is 12.6 Å². The zero-order chi connectivity index (χ0) is 18.9. The molecule has 0 heterocycles. The summed E-state index contributed by atoms with van der Waals surface area (Å²) in [5.74, 6) is -0.652. The van der Waals surface area contributed by atoms with Crippen molar-refractivity contribution in [3.8, 4) is 5.75 Å². The van der Waals surface area contributed by atoms with Crippen LogP contribution in [0.25, 0.3) is 0 Å². The number of carboxylic acids is 1. The highest BCUT2D eigenvalue weighted by molar-refractivity contribution is 9.10. The first-order chi connectivity index (χ1) is 12.4. The normalized spacial score (nSPS) is 10.7. The topological polar surface area (TPSA) is 88.0 Å². The molecule has 2 aromatic rings. The fourth-order valence-corrected chi connectivity index (χ4v) is 3.07. The van der Waals surface area contributed by atoms with E-state index in [1.165, 1.54) is 18.0 Å². The molecule has 0 aliphatic rings. The first-order valence-electron chi connectivity index (χ1n) is 7.28. The number of carboxylic acid groups (broad SMARTS) is 1. The summed E-state index contributed by atoms with van der Waals surface area (Å²) in [6.45, 7) is -0.423. The van der Waals surface area contributed by atoms with Crippen LogP contribution in [0.4, 0.5) is 0 Å². The molecule has 0 aromatic heterocycles. The van der Waals surface area contributed by atoms with E-state index in [1.807, 2.05) is 12.1 Å². The molecule has 0 saturated heterocycles. The van der Waals surface area contributed by atoms with Gasteiger partial charge < -0.3 is 9.84 Å². The van der Waals surface area contributed by atoms with Crippen LogP contribution in [0.3, 0.4) is 0 Å². The molecule has 9 heteroatoms. The molecule has 1 amide bonds. The fourth-order valence-electron chi connectivity index (χ4n) is 1.74. The summed E-state index contributed by atoms with van der Waals surface area (Å²) < 4.78 is 5.70. The molecule has 26 heavy (non-hydrogen) atoms. The van der Waals surface area contributed by atoms with Crippen LogP contribution >= 0.6 is 39.3 Å². The van der Waals surface area contributed by atoms with Gasteiger partial charge in [0.25, 0.3) is 0 Å². The van der Waals surface area contributed by atoms with Crippen molar-refractivity contribution in [2.24, 2.45) is 5.10 Å². The summed E-state index contributed by atoms with van der Waals surface area (Å²) in [6, 6.07) is 12.2. The highest BCUT2D eigenvalue weighted by Gasteiger charge is 2.05. The Balaban J connectivity index is 1.81. The van der Waals surface area contributed by atoms with Gasteiger partial charge in [0, 0.05) is 9.92 Å². The molecule has 136 valence electrons. The average Bonchev–Trinajstić information content (AvgIpc) is 2.60. The average molecular weight is 458 g/mol. The van der Waals surface area contributed by atoms with Crippen LogP contribution in [0.15, 0.2) is 56.9 Å². The Kier molecular flexibility index (Phi) is 7.96. The Hall–Kier alpha value is -2.03. The van der Waals surface area contributed by atoms with Gasteiger partial charge in [0.2, 0.25) is 5.91 Å². The standard InChI is InChI=1S/C17H14BrClN2O4S/c18-14-7-11(1-6-15(14)25-9-17(23)24)8-20-21-16(22)10-26-13-4-2-12(19)3-5-13/h1-8H,9-10H2,(H,21,22)(H,23,24)/b20-8-. The number of nitrogens with one attached hydrogen (secondary N) is 1. The number of rotatable bonds is 8. The maximum atomic E-state index is 11.8. The molecular weight excluding hydrogens is 444 g/mol. The molecule has 0 saturated carbocycles. The lowest BCUT2D eigenvalue weighted by Crippen LogP contribution is -2.19. The van der Waals surface area contributed by atoms with Crippen LogP contribution in [0.5, 0.6) is 5.75 Å². The van der Waals surface area contributed by atoms with Crippen molar-refractivity contribution >= 4 is 57.4 Å². The molecule has 0 bridgehead atoms. The van der Waals surface area contributed by atoms with Crippen molar-refractivity contribution < 1.29 is 19.4 Å². The Labute approximate surface area is 167 Å². The van der Waals surface area contributed by atoms with Crippen LogP contribution in [0.1, 0.15) is 5.56 Å². The van der Waals surface area contributed by atoms with E-state index in [-0.39, 0.29) is 11.7 Å². The Morgan fingerprint density at radius 1 is 1.27 bits per heavy atom. The highest BCUT2D eigenvalue weighted by Crippen LogP contribution is 2.25. The summed E-state index contributed by atoms with van der Waals surface area (Å²) in [5.41, 5.74) is 3.16. The SMILES string of the molecule is O=C(O)COc1ccc(/C=N\NC(=O)CSc2ccc(Cl)cc2)cc1Br. The quantitative estimate of drug-likeness (QED) is 0.357. The van der Waals surface area contributed by atoms with Crippen LogP contribution in [0.2, 0.25) is 5.02 Å². The number of hydrazone groups is 1. The maximum Gasteiger partial charge on any atom is 0.341 e.